The average molecular weight is 287 g/mol. The van der Waals surface area contributed by atoms with Crippen LogP contribution >= 0.6 is 0 Å². The Morgan fingerprint density at radius 2 is 1.95 bits per heavy atom. The molecule has 21 heavy (non-hydrogen) atoms. The van der Waals surface area contributed by atoms with Crippen LogP contribution in [0.15, 0.2) is 48.7 Å². The summed E-state index contributed by atoms with van der Waals surface area (Å²) >= 11 is 0. The molecular formula is C16H21N3O2. The molecule has 5 heteroatoms. The van der Waals surface area contributed by atoms with Gasteiger partial charge in [0.2, 0.25) is 0 Å². The quantitative estimate of drug-likeness (QED) is 0.755. The second kappa shape index (κ2) is 7.50. The van der Waals surface area contributed by atoms with E-state index in [9.17, 15) is 9.90 Å². The Morgan fingerprint density at radius 3 is 2.62 bits per heavy atom. The van der Waals surface area contributed by atoms with E-state index in [0.29, 0.717) is 6.54 Å². The van der Waals surface area contributed by atoms with E-state index in [4.69, 9.17) is 0 Å². The molecule has 1 aromatic carbocycles. The number of nitrogens with zero attached hydrogens (tertiary/aromatic N) is 1. The van der Waals surface area contributed by atoms with Crippen LogP contribution in [0.25, 0.3) is 0 Å². The number of carbonyl (C=O) groups is 1. The van der Waals surface area contributed by atoms with Gasteiger partial charge < -0.3 is 20.3 Å². The molecule has 1 atom stereocenters. The van der Waals surface area contributed by atoms with Crippen molar-refractivity contribution >= 4 is 6.03 Å². The van der Waals surface area contributed by atoms with Crippen LogP contribution < -0.4 is 10.6 Å². The van der Waals surface area contributed by atoms with E-state index in [1.54, 1.807) is 0 Å². The number of aromatic nitrogens is 1. The van der Waals surface area contributed by atoms with Gasteiger partial charge in [-0.05, 0) is 24.1 Å². The first-order valence-corrected chi connectivity index (χ1v) is 7.01. The van der Waals surface area contributed by atoms with Crippen LogP contribution in [0.4, 0.5) is 4.79 Å². The summed E-state index contributed by atoms with van der Waals surface area (Å²) in [7, 11) is 1.86. The zero-order valence-corrected chi connectivity index (χ0v) is 12.1. The molecule has 0 radical (unpaired) electrons. The minimum atomic E-state index is -0.704. The smallest absolute Gasteiger partial charge is 0.314 e. The van der Waals surface area contributed by atoms with E-state index >= 15 is 0 Å². The summed E-state index contributed by atoms with van der Waals surface area (Å²) in [6, 6.07) is 13.4. The molecule has 1 unspecified atom stereocenters. The maximum absolute atomic E-state index is 11.7. The molecule has 5 nitrogen and oxygen atoms in total. The minimum Gasteiger partial charge on any atom is -0.385 e. The summed E-state index contributed by atoms with van der Waals surface area (Å²) in [5.41, 5.74) is 1.96. The highest BCUT2D eigenvalue weighted by Gasteiger charge is 2.11. The van der Waals surface area contributed by atoms with Crippen molar-refractivity contribution in [2.45, 2.75) is 12.5 Å². The second-order valence-corrected chi connectivity index (χ2v) is 4.93. The van der Waals surface area contributed by atoms with Crippen LogP contribution in [-0.4, -0.2) is 28.8 Å². The van der Waals surface area contributed by atoms with Crippen molar-refractivity contribution in [3.63, 3.8) is 0 Å². The molecule has 1 aromatic heterocycles. The fraction of sp³-hybridized carbons (Fsp3) is 0.312. The van der Waals surface area contributed by atoms with Gasteiger partial charge in [-0.2, -0.15) is 0 Å². The van der Waals surface area contributed by atoms with Gasteiger partial charge in [-0.1, -0.05) is 30.3 Å². The number of hydrogen-bond donors (Lipinski definition) is 3. The first kappa shape index (κ1) is 15.1. The number of benzene rings is 1. The number of urea groups is 1. The van der Waals surface area contributed by atoms with Crippen molar-refractivity contribution in [1.82, 2.24) is 15.2 Å². The monoisotopic (exact) mass is 287 g/mol. The van der Waals surface area contributed by atoms with Crippen molar-refractivity contribution in [3.8, 4) is 0 Å². The molecule has 0 saturated heterocycles. The number of carbonyl (C=O) groups excluding carboxylic acids is 1. The van der Waals surface area contributed by atoms with Crippen molar-refractivity contribution in [2.24, 2.45) is 7.05 Å². The van der Waals surface area contributed by atoms with Crippen LogP contribution in [0.2, 0.25) is 0 Å². The Morgan fingerprint density at radius 1 is 1.19 bits per heavy atom. The third-order valence-corrected chi connectivity index (χ3v) is 3.32. The molecule has 0 fully saturated rings. The Labute approximate surface area is 124 Å². The fourth-order valence-corrected chi connectivity index (χ4v) is 2.14. The predicted molar refractivity (Wildman–Crippen MR) is 81.9 cm³/mol. The first-order valence-electron chi connectivity index (χ1n) is 7.01. The SMILES string of the molecule is Cn1cccc1C(O)CNC(=O)NCCc1ccccc1. The molecule has 0 bridgehead atoms. The standard InChI is InChI=1S/C16H21N3O2/c1-19-11-5-8-14(19)15(20)12-18-16(21)17-10-9-13-6-3-2-4-7-13/h2-8,11,15,20H,9-10,12H2,1H3,(H2,17,18,21). The summed E-state index contributed by atoms with van der Waals surface area (Å²) in [6.07, 6.45) is 1.94. The van der Waals surface area contributed by atoms with E-state index in [-0.39, 0.29) is 12.6 Å². The Balaban J connectivity index is 1.67. The van der Waals surface area contributed by atoms with Gasteiger partial charge in [-0.25, -0.2) is 4.79 Å². The summed E-state index contributed by atoms with van der Waals surface area (Å²) in [5, 5.41) is 15.4. The molecule has 112 valence electrons. The van der Waals surface area contributed by atoms with Crippen LogP contribution in [0.5, 0.6) is 0 Å². The molecule has 0 spiro atoms. The molecule has 0 aliphatic heterocycles. The van der Waals surface area contributed by atoms with Gasteiger partial charge >= 0.3 is 6.03 Å². The number of aliphatic hydroxyl groups excluding tert-OH is 1. The van der Waals surface area contributed by atoms with E-state index in [1.807, 2.05) is 60.3 Å². The van der Waals surface area contributed by atoms with Gasteiger partial charge in [0.15, 0.2) is 0 Å². The molecule has 0 aliphatic rings. The number of aliphatic hydroxyl groups is 1. The number of nitrogens with one attached hydrogen (secondary N) is 2. The lowest BCUT2D eigenvalue weighted by molar-refractivity contribution is 0.166. The van der Waals surface area contributed by atoms with Gasteiger partial charge in [0.05, 0.1) is 6.54 Å². The second-order valence-electron chi connectivity index (χ2n) is 4.93. The van der Waals surface area contributed by atoms with Crippen molar-refractivity contribution in [2.75, 3.05) is 13.1 Å². The van der Waals surface area contributed by atoms with Gasteiger partial charge in [0, 0.05) is 25.5 Å². The van der Waals surface area contributed by atoms with Crippen LogP contribution in [-0.2, 0) is 13.5 Å². The van der Waals surface area contributed by atoms with Crippen molar-refractivity contribution < 1.29 is 9.90 Å². The van der Waals surface area contributed by atoms with Gasteiger partial charge in [-0.3, -0.25) is 0 Å². The summed E-state index contributed by atoms with van der Waals surface area (Å²) < 4.78 is 1.83. The minimum absolute atomic E-state index is 0.190. The summed E-state index contributed by atoms with van der Waals surface area (Å²) in [4.78, 5) is 11.7. The lowest BCUT2D eigenvalue weighted by Crippen LogP contribution is -2.38. The number of rotatable bonds is 6. The predicted octanol–water partition coefficient (Wildman–Crippen LogP) is 1.60. The molecule has 3 N–H and O–H groups in total. The average Bonchev–Trinajstić information content (AvgIpc) is 2.92. The van der Waals surface area contributed by atoms with Crippen molar-refractivity contribution in [3.05, 3.63) is 59.9 Å². The number of aryl methyl sites for hydroxylation is 1. The lowest BCUT2D eigenvalue weighted by atomic mass is 10.1. The molecule has 2 amide bonds. The highest BCUT2D eigenvalue weighted by molar-refractivity contribution is 5.73. The van der Waals surface area contributed by atoms with Crippen LogP contribution in [0, 0.1) is 0 Å². The molecule has 1 heterocycles. The lowest BCUT2D eigenvalue weighted by Gasteiger charge is -2.13. The van der Waals surface area contributed by atoms with Crippen LogP contribution in [0.3, 0.4) is 0 Å². The maximum atomic E-state index is 11.7. The third-order valence-electron chi connectivity index (χ3n) is 3.32. The molecule has 0 aliphatic carbocycles. The van der Waals surface area contributed by atoms with Gasteiger partial charge in [0.1, 0.15) is 6.10 Å². The zero-order chi connectivity index (χ0) is 15.1. The normalized spacial score (nSPS) is 11.9. The van der Waals surface area contributed by atoms with E-state index in [0.717, 1.165) is 12.1 Å². The largest absolute Gasteiger partial charge is 0.385 e. The Kier molecular flexibility index (Phi) is 5.40. The van der Waals surface area contributed by atoms with Crippen molar-refractivity contribution in [1.29, 1.82) is 0 Å². The molecule has 0 saturated carbocycles. The third kappa shape index (κ3) is 4.65. The van der Waals surface area contributed by atoms with Gasteiger partial charge in [0.25, 0.3) is 0 Å². The van der Waals surface area contributed by atoms with E-state index in [1.165, 1.54) is 5.56 Å². The Bertz CT molecular complexity index is 566. The number of amides is 2. The Hall–Kier alpha value is -2.27. The maximum Gasteiger partial charge on any atom is 0.314 e. The highest BCUT2D eigenvalue weighted by atomic mass is 16.3. The molecule has 2 rings (SSSR count). The zero-order valence-electron chi connectivity index (χ0n) is 12.1. The summed E-state index contributed by atoms with van der Waals surface area (Å²) in [5.74, 6) is 0. The first-order chi connectivity index (χ1) is 10.2. The molecular weight excluding hydrogens is 266 g/mol. The van der Waals surface area contributed by atoms with Gasteiger partial charge in [-0.15, -0.1) is 0 Å². The van der Waals surface area contributed by atoms with E-state index < -0.39 is 6.10 Å². The fourth-order valence-electron chi connectivity index (χ4n) is 2.14. The summed E-state index contributed by atoms with van der Waals surface area (Å²) in [6.45, 7) is 0.755. The van der Waals surface area contributed by atoms with Crippen LogP contribution in [0.1, 0.15) is 17.4 Å². The van der Waals surface area contributed by atoms with E-state index in [2.05, 4.69) is 10.6 Å². The highest BCUT2D eigenvalue weighted by Crippen LogP contribution is 2.10. The number of hydrogen-bond acceptors (Lipinski definition) is 2. The molecule has 2 aromatic rings. The topological polar surface area (TPSA) is 66.3 Å².